The Labute approximate surface area is 112 Å². The van der Waals surface area contributed by atoms with Crippen LogP contribution in [-0.2, 0) is 14.3 Å². The third-order valence-corrected chi connectivity index (χ3v) is 2.03. The highest BCUT2D eigenvalue weighted by molar-refractivity contribution is 5.86. The highest BCUT2D eigenvalue weighted by Gasteiger charge is 2.19. The summed E-state index contributed by atoms with van der Waals surface area (Å²) in [4.78, 5) is 33.5. The molecule has 0 aliphatic rings. The van der Waals surface area contributed by atoms with Crippen molar-refractivity contribution < 1.29 is 24.2 Å². The van der Waals surface area contributed by atoms with E-state index in [4.69, 9.17) is 4.74 Å². The number of aliphatic carboxylic acids is 1. The van der Waals surface area contributed by atoms with Gasteiger partial charge in [0.25, 0.3) is 0 Å². The number of alkyl carbamates (subject to hydrolysis) is 1. The van der Waals surface area contributed by atoms with E-state index < -0.39 is 29.6 Å². The Bertz CT molecular complexity index is 347. The number of rotatable bonds is 5. The van der Waals surface area contributed by atoms with E-state index in [-0.39, 0.29) is 12.5 Å². The monoisotopic (exact) mass is 273 g/mol. The van der Waals surface area contributed by atoms with Gasteiger partial charge in [0.05, 0.1) is 12.0 Å². The fourth-order valence-electron chi connectivity index (χ4n) is 1.19. The maximum Gasteiger partial charge on any atom is 0.408 e. The van der Waals surface area contributed by atoms with Crippen LogP contribution in [0.25, 0.3) is 0 Å². The van der Waals surface area contributed by atoms with Crippen LogP contribution in [0.2, 0.25) is 0 Å². The molecule has 0 aliphatic carbocycles. The molecule has 0 saturated carbocycles. The maximum absolute atomic E-state index is 11.5. The second kappa shape index (κ2) is 6.96. The van der Waals surface area contributed by atoms with Crippen LogP contribution in [0, 0.1) is 5.92 Å². The van der Waals surface area contributed by atoms with Crippen molar-refractivity contribution in [1.29, 1.82) is 0 Å². The molecule has 0 unspecified atom stereocenters. The van der Waals surface area contributed by atoms with Crippen molar-refractivity contribution in [3.05, 3.63) is 0 Å². The molecule has 2 amide bonds. The first kappa shape index (κ1) is 17.2. The minimum atomic E-state index is -1.36. The Balaban J connectivity index is 4.19. The fraction of sp³-hybridized carbons (Fsp3) is 0.750. The summed E-state index contributed by atoms with van der Waals surface area (Å²) in [6.45, 7) is 8.00. The molecule has 0 aromatic carbocycles. The third-order valence-electron chi connectivity index (χ3n) is 2.03. The molecule has 0 heterocycles. The van der Waals surface area contributed by atoms with Gasteiger partial charge in [0.2, 0.25) is 5.91 Å². The Hall–Kier alpha value is -1.79. The highest BCUT2D eigenvalue weighted by atomic mass is 16.6. The normalized spacial score (nSPS) is 12.7. The number of ether oxygens (including phenoxy) is 1. The van der Waals surface area contributed by atoms with Crippen LogP contribution in [0.1, 0.15) is 34.6 Å². The third kappa shape index (κ3) is 8.01. The smallest absolute Gasteiger partial charge is 0.408 e. The van der Waals surface area contributed by atoms with E-state index in [1.54, 1.807) is 34.6 Å². The molecule has 0 aliphatic heterocycles. The molecule has 0 radical (unpaired) electrons. The fourth-order valence-corrected chi connectivity index (χ4v) is 1.19. The maximum atomic E-state index is 11.5. The number of carbonyl (C=O) groups is 3. The molecule has 0 bridgehead atoms. The first-order valence-electron chi connectivity index (χ1n) is 6.00. The molecule has 0 aromatic rings. The van der Waals surface area contributed by atoms with Crippen LogP contribution in [0.5, 0.6) is 0 Å². The minimum Gasteiger partial charge on any atom is -0.548 e. The first-order valence-corrected chi connectivity index (χ1v) is 6.00. The van der Waals surface area contributed by atoms with Crippen molar-refractivity contribution in [1.82, 2.24) is 10.6 Å². The molecule has 0 aromatic heterocycles. The van der Waals surface area contributed by atoms with Crippen LogP contribution in [0.15, 0.2) is 0 Å². The zero-order valence-corrected chi connectivity index (χ0v) is 11.9. The summed E-state index contributed by atoms with van der Waals surface area (Å²) in [5.41, 5.74) is -0.661. The summed E-state index contributed by atoms with van der Waals surface area (Å²) in [5.74, 6) is -2.29. The second-order valence-electron chi connectivity index (χ2n) is 5.46. The Kier molecular flexibility index (Phi) is 6.31. The molecule has 110 valence electrons. The van der Waals surface area contributed by atoms with Crippen molar-refractivity contribution in [2.75, 3.05) is 6.54 Å². The van der Waals surface area contributed by atoms with Crippen LogP contribution < -0.4 is 15.7 Å². The zero-order chi connectivity index (χ0) is 15.2. The molecule has 0 saturated heterocycles. The van der Waals surface area contributed by atoms with Gasteiger partial charge >= 0.3 is 6.09 Å². The number of carbonyl (C=O) groups excluding carboxylic acids is 3. The van der Waals surface area contributed by atoms with Gasteiger partial charge in [0, 0.05) is 0 Å². The zero-order valence-electron chi connectivity index (χ0n) is 11.9. The Morgan fingerprint density at radius 3 is 2.11 bits per heavy atom. The number of carboxylic acids is 1. The van der Waals surface area contributed by atoms with Crippen molar-refractivity contribution in [3.8, 4) is 0 Å². The van der Waals surface area contributed by atoms with Crippen molar-refractivity contribution in [2.45, 2.75) is 46.3 Å². The summed E-state index contributed by atoms with van der Waals surface area (Å²) in [6.07, 6.45) is -0.739. The molecular weight excluding hydrogens is 252 g/mol. The Morgan fingerprint density at radius 2 is 1.74 bits per heavy atom. The molecule has 2 N–H and O–H groups in total. The quantitative estimate of drug-likeness (QED) is 0.695. The molecule has 1 atom stereocenters. The van der Waals surface area contributed by atoms with E-state index in [9.17, 15) is 19.5 Å². The van der Waals surface area contributed by atoms with Crippen molar-refractivity contribution in [3.63, 3.8) is 0 Å². The van der Waals surface area contributed by atoms with Crippen molar-refractivity contribution >= 4 is 18.0 Å². The van der Waals surface area contributed by atoms with Gasteiger partial charge in [-0.1, -0.05) is 13.8 Å². The largest absolute Gasteiger partial charge is 0.548 e. The van der Waals surface area contributed by atoms with Gasteiger partial charge < -0.3 is 25.3 Å². The van der Waals surface area contributed by atoms with E-state index in [1.165, 1.54) is 0 Å². The van der Waals surface area contributed by atoms with E-state index in [0.29, 0.717) is 0 Å². The number of nitrogens with one attached hydrogen (secondary N) is 2. The van der Waals surface area contributed by atoms with Gasteiger partial charge in [-0.15, -0.1) is 0 Å². The number of hydrogen-bond acceptors (Lipinski definition) is 5. The number of carboxylic acid groups (broad SMARTS) is 1. The van der Waals surface area contributed by atoms with E-state index in [1.807, 2.05) is 0 Å². The topological polar surface area (TPSA) is 108 Å². The molecule has 19 heavy (non-hydrogen) atoms. The van der Waals surface area contributed by atoms with Crippen LogP contribution in [0.4, 0.5) is 4.79 Å². The van der Waals surface area contributed by atoms with E-state index in [2.05, 4.69) is 10.6 Å². The van der Waals surface area contributed by atoms with Gasteiger partial charge in [0.1, 0.15) is 12.1 Å². The highest BCUT2D eigenvalue weighted by Crippen LogP contribution is 2.06. The lowest BCUT2D eigenvalue weighted by Crippen LogP contribution is -2.53. The average molecular weight is 273 g/mol. The molecule has 0 spiro atoms. The van der Waals surface area contributed by atoms with Crippen LogP contribution in [0.3, 0.4) is 0 Å². The van der Waals surface area contributed by atoms with Gasteiger partial charge in [-0.05, 0) is 26.7 Å². The van der Waals surface area contributed by atoms with E-state index >= 15 is 0 Å². The van der Waals surface area contributed by atoms with Crippen LogP contribution in [-0.4, -0.2) is 36.2 Å². The second-order valence-corrected chi connectivity index (χ2v) is 5.46. The summed E-state index contributed by atoms with van der Waals surface area (Å²) >= 11 is 0. The van der Waals surface area contributed by atoms with E-state index in [0.717, 1.165) is 0 Å². The molecule has 0 rings (SSSR count). The summed E-state index contributed by atoms with van der Waals surface area (Å²) in [5, 5.41) is 15.3. The SMILES string of the molecule is CC(C)[C@@H](NC(=O)CNC(=O)OC(C)(C)C)C(=O)[O-]. The molecule has 7 heteroatoms. The van der Waals surface area contributed by atoms with Crippen molar-refractivity contribution in [2.24, 2.45) is 5.92 Å². The van der Waals surface area contributed by atoms with Crippen LogP contribution >= 0.6 is 0 Å². The predicted octanol–water partition coefficient (Wildman–Crippen LogP) is -0.598. The molecular formula is C12H21N2O5-. The van der Waals surface area contributed by atoms with Gasteiger partial charge in [-0.2, -0.15) is 0 Å². The summed E-state index contributed by atoms with van der Waals surface area (Å²) in [6, 6.07) is -1.09. The van der Waals surface area contributed by atoms with Gasteiger partial charge in [-0.3, -0.25) is 4.79 Å². The lowest BCUT2D eigenvalue weighted by Gasteiger charge is -2.23. The lowest BCUT2D eigenvalue weighted by atomic mass is 10.1. The van der Waals surface area contributed by atoms with Gasteiger partial charge in [0.15, 0.2) is 0 Å². The standard InChI is InChI=1S/C12H22N2O5/c1-7(2)9(10(16)17)14-8(15)6-13-11(18)19-12(3,4)5/h7,9H,6H2,1-5H3,(H,13,18)(H,14,15)(H,16,17)/p-1/t9-/m1/s1. The summed E-state index contributed by atoms with van der Waals surface area (Å²) < 4.78 is 4.93. The molecule has 7 nitrogen and oxygen atoms in total. The Morgan fingerprint density at radius 1 is 1.21 bits per heavy atom. The number of hydrogen-bond donors (Lipinski definition) is 2. The minimum absolute atomic E-state index is 0.310. The number of amides is 2. The predicted molar refractivity (Wildman–Crippen MR) is 66.0 cm³/mol. The lowest BCUT2D eigenvalue weighted by molar-refractivity contribution is -0.309. The average Bonchev–Trinajstić information content (AvgIpc) is 2.19. The van der Waals surface area contributed by atoms with Gasteiger partial charge in [-0.25, -0.2) is 4.79 Å². The molecule has 0 fully saturated rings. The first-order chi connectivity index (χ1) is 8.53. The summed E-state index contributed by atoms with van der Waals surface area (Å²) in [7, 11) is 0.